The zero-order chi connectivity index (χ0) is 26.6. The molecule has 1 N–H and O–H groups in total. The van der Waals surface area contributed by atoms with Gasteiger partial charge in [-0.2, -0.15) is 5.26 Å². The number of rotatable bonds is 7. The monoisotopic (exact) mass is 518 g/mol. The highest BCUT2D eigenvalue weighted by Gasteiger charge is 2.56. The minimum atomic E-state index is -1.40. The number of amides is 3. The molecule has 38 heavy (non-hydrogen) atoms. The molecular formula is C26H30N8O4. The van der Waals surface area contributed by atoms with E-state index in [9.17, 15) is 19.6 Å². The molecule has 2 aliphatic carbocycles. The van der Waals surface area contributed by atoms with E-state index in [2.05, 4.69) is 26.7 Å². The second kappa shape index (κ2) is 9.08. The first-order chi connectivity index (χ1) is 18.3. The third-order valence-electron chi connectivity index (χ3n) is 8.11. The Hall–Kier alpha value is -4.01. The summed E-state index contributed by atoms with van der Waals surface area (Å²) in [4.78, 5) is 47.7. The lowest BCUT2D eigenvalue weighted by molar-refractivity contribution is -0.147. The fourth-order valence-electron chi connectivity index (χ4n) is 5.40. The largest absolute Gasteiger partial charge is 0.472 e. The molecule has 2 aliphatic heterocycles. The summed E-state index contributed by atoms with van der Waals surface area (Å²) in [5, 5.41) is 21.1. The standard InChI is InChI=1S/C26H30N8O4/c1-15(34-13-19(30-31-34)17-7-8-17)23(35)32(2)20(10-16-5-6-16)24(36)33-14-26(11-18(33)12-27)25(37)29-22-21(38-26)4-3-9-28-22/h3-4,9,13,15-18,20H,5-8,10-11,14H2,1-2H3,(H,28,29,37)/t15-,18-,20-,26+/m0/s1. The molecule has 1 spiro atoms. The van der Waals surface area contributed by atoms with Gasteiger partial charge in [-0.1, -0.05) is 18.1 Å². The molecule has 4 atom stereocenters. The molecule has 198 valence electrons. The fraction of sp³-hybridized carbons (Fsp3) is 0.577. The van der Waals surface area contributed by atoms with Crippen LogP contribution in [0.1, 0.15) is 63.1 Å². The number of pyridine rings is 1. The number of likely N-dealkylation sites (tertiary alicyclic amines) is 1. The number of nitrogens with one attached hydrogen (secondary N) is 1. The summed E-state index contributed by atoms with van der Waals surface area (Å²) in [6.45, 7) is 1.66. The van der Waals surface area contributed by atoms with Crippen LogP contribution in [0.4, 0.5) is 5.82 Å². The molecule has 4 heterocycles. The number of nitriles is 1. The number of aromatic nitrogens is 4. The predicted octanol–water partition coefficient (Wildman–Crippen LogP) is 1.63. The van der Waals surface area contributed by atoms with Crippen LogP contribution in [0.15, 0.2) is 24.5 Å². The maximum absolute atomic E-state index is 14.0. The molecule has 0 radical (unpaired) electrons. The smallest absolute Gasteiger partial charge is 0.271 e. The van der Waals surface area contributed by atoms with E-state index in [0.29, 0.717) is 29.8 Å². The quantitative estimate of drug-likeness (QED) is 0.582. The molecule has 0 bridgehead atoms. The number of hydrogen-bond acceptors (Lipinski definition) is 8. The molecule has 4 aliphatic rings. The van der Waals surface area contributed by atoms with Crippen molar-refractivity contribution in [3.63, 3.8) is 0 Å². The Balaban J connectivity index is 1.23. The van der Waals surface area contributed by atoms with Gasteiger partial charge in [-0.25, -0.2) is 9.67 Å². The van der Waals surface area contributed by atoms with Crippen LogP contribution in [0.25, 0.3) is 0 Å². The van der Waals surface area contributed by atoms with Gasteiger partial charge in [-0.3, -0.25) is 14.4 Å². The van der Waals surface area contributed by atoms with E-state index in [-0.39, 0.29) is 24.8 Å². The Morgan fingerprint density at radius 3 is 2.84 bits per heavy atom. The summed E-state index contributed by atoms with van der Waals surface area (Å²) in [5.41, 5.74) is -0.508. The first-order valence-corrected chi connectivity index (χ1v) is 13.1. The molecular weight excluding hydrogens is 488 g/mol. The number of anilines is 1. The highest BCUT2D eigenvalue weighted by atomic mass is 16.5. The van der Waals surface area contributed by atoms with Gasteiger partial charge < -0.3 is 19.9 Å². The normalized spacial score (nSPS) is 25.7. The van der Waals surface area contributed by atoms with E-state index < -0.39 is 29.6 Å². The van der Waals surface area contributed by atoms with Crippen molar-refractivity contribution in [2.45, 2.75) is 75.1 Å². The maximum atomic E-state index is 14.0. The zero-order valence-corrected chi connectivity index (χ0v) is 21.4. The lowest BCUT2D eigenvalue weighted by Gasteiger charge is -2.35. The van der Waals surface area contributed by atoms with Crippen molar-refractivity contribution in [3.8, 4) is 11.8 Å². The van der Waals surface area contributed by atoms with Gasteiger partial charge in [0.05, 0.1) is 18.3 Å². The van der Waals surface area contributed by atoms with Gasteiger partial charge in [0.1, 0.15) is 18.1 Å². The summed E-state index contributed by atoms with van der Waals surface area (Å²) in [6.07, 6.45) is 8.05. The van der Waals surface area contributed by atoms with E-state index in [4.69, 9.17) is 4.74 Å². The number of likely N-dealkylation sites (N-methyl/N-ethyl adjacent to an activating group) is 1. The van der Waals surface area contributed by atoms with Crippen molar-refractivity contribution < 1.29 is 19.1 Å². The van der Waals surface area contributed by atoms with Gasteiger partial charge in [0.25, 0.3) is 5.91 Å². The number of carbonyl (C=O) groups is 3. The van der Waals surface area contributed by atoms with Gasteiger partial charge in [0, 0.05) is 31.8 Å². The van der Waals surface area contributed by atoms with Gasteiger partial charge in [0.2, 0.25) is 17.4 Å². The van der Waals surface area contributed by atoms with E-state index in [1.54, 1.807) is 37.0 Å². The molecule has 3 fully saturated rings. The summed E-state index contributed by atoms with van der Waals surface area (Å²) in [5.74, 6) is 0.414. The Bertz CT molecular complexity index is 1330. The Kier molecular flexibility index (Phi) is 5.81. The van der Waals surface area contributed by atoms with Crippen molar-refractivity contribution in [1.29, 1.82) is 5.26 Å². The second-order valence-electron chi connectivity index (χ2n) is 10.9. The van der Waals surface area contributed by atoms with Crippen LogP contribution in [0, 0.1) is 17.2 Å². The van der Waals surface area contributed by atoms with Crippen molar-refractivity contribution in [3.05, 3.63) is 30.2 Å². The van der Waals surface area contributed by atoms with Crippen molar-refractivity contribution in [1.82, 2.24) is 29.8 Å². The third kappa shape index (κ3) is 4.25. The fourth-order valence-corrected chi connectivity index (χ4v) is 5.40. The zero-order valence-electron chi connectivity index (χ0n) is 21.4. The molecule has 0 unspecified atom stereocenters. The van der Waals surface area contributed by atoms with E-state index in [1.807, 2.05) is 6.20 Å². The van der Waals surface area contributed by atoms with E-state index in [1.165, 1.54) is 9.80 Å². The van der Waals surface area contributed by atoms with Crippen LogP contribution in [0.2, 0.25) is 0 Å². The Morgan fingerprint density at radius 1 is 1.34 bits per heavy atom. The van der Waals surface area contributed by atoms with Crippen molar-refractivity contribution in [2.75, 3.05) is 18.9 Å². The van der Waals surface area contributed by atoms with Gasteiger partial charge in [-0.15, -0.1) is 5.10 Å². The number of ether oxygens (including phenoxy) is 1. The number of hydrogen-bond donors (Lipinski definition) is 1. The predicted molar refractivity (Wildman–Crippen MR) is 133 cm³/mol. The maximum Gasteiger partial charge on any atom is 0.271 e. The lowest BCUT2D eigenvalue weighted by atomic mass is 9.97. The highest BCUT2D eigenvalue weighted by molar-refractivity contribution is 6.01. The third-order valence-corrected chi connectivity index (χ3v) is 8.11. The second-order valence-corrected chi connectivity index (χ2v) is 10.9. The summed E-state index contributed by atoms with van der Waals surface area (Å²) in [6, 6.07) is 3.29. The van der Waals surface area contributed by atoms with Crippen LogP contribution in [-0.4, -0.2) is 78.8 Å². The van der Waals surface area contributed by atoms with Crippen LogP contribution >= 0.6 is 0 Å². The molecule has 0 aromatic carbocycles. The van der Waals surface area contributed by atoms with Gasteiger partial charge in [-0.05, 0) is 44.2 Å². The molecule has 12 heteroatoms. The van der Waals surface area contributed by atoms with E-state index >= 15 is 0 Å². The van der Waals surface area contributed by atoms with Crippen LogP contribution in [0.3, 0.4) is 0 Å². The SMILES string of the molecule is C[C@@H](C(=O)N(C)[C@@H](CC1CC1)C(=O)N1C[C@@]2(C[C@H]1C#N)Oc1cccnc1NC2=O)n1cc(C2CC2)nn1. The average Bonchev–Trinajstić information content (AvgIpc) is 3.86. The molecule has 1 saturated heterocycles. The summed E-state index contributed by atoms with van der Waals surface area (Å²) < 4.78 is 7.65. The Morgan fingerprint density at radius 2 is 2.13 bits per heavy atom. The van der Waals surface area contributed by atoms with Crippen molar-refractivity contribution in [2.24, 2.45) is 5.92 Å². The first kappa shape index (κ1) is 24.3. The van der Waals surface area contributed by atoms with Gasteiger partial charge in [0.15, 0.2) is 11.6 Å². The number of carbonyl (C=O) groups excluding carboxylic acids is 3. The molecule has 12 nitrogen and oxygen atoms in total. The molecule has 2 saturated carbocycles. The summed E-state index contributed by atoms with van der Waals surface area (Å²) in [7, 11) is 1.63. The highest BCUT2D eigenvalue weighted by Crippen LogP contribution is 2.41. The van der Waals surface area contributed by atoms with E-state index in [0.717, 1.165) is 31.4 Å². The first-order valence-electron chi connectivity index (χ1n) is 13.1. The number of fused-ring (bicyclic) bond motifs is 1. The lowest BCUT2D eigenvalue weighted by Crippen LogP contribution is -2.55. The average molecular weight is 519 g/mol. The Labute approximate surface area is 219 Å². The minimum absolute atomic E-state index is 0.0303. The summed E-state index contributed by atoms with van der Waals surface area (Å²) >= 11 is 0. The topological polar surface area (TPSA) is 146 Å². The van der Waals surface area contributed by atoms with Crippen molar-refractivity contribution >= 4 is 23.5 Å². The molecule has 3 amide bonds. The van der Waals surface area contributed by atoms with Crippen LogP contribution < -0.4 is 10.1 Å². The minimum Gasteiger partial charge on any atom is -0.472 e. The number of nitrogens with zero attached hydrogens (tertiary/aromatic N) is 7. The molecule has 2 aromatic rings. The molecule has 6 rings (SSSR count). The molecule has 2 aromatic heterocycles. The van der Waals surface area contributed by atoms with Crippen LogP contribution in [0.5, 0.6) is 5.75 Å². The van der Waals surface area contributed by atoms with Gasteiger partial charge >= 0.3 is 0 Å². The van der Waals surface area contributed by atoms with Crippen LogP contribution in [-0.2, 0) is 14.4 Å².